The predicted octanol–water partition coefficient (Wildman–Crippen LogP) is 3.43. The molecule has 0 fully saturated rings. The van der Waals surface area contributed by atoms with Crippen LogP contribution in [-0.4, -0.2) is 25.2 Å². The molecule has 2 aliphatic rings. The molecule has 0 aliphatic heterocycles. The Morgan fingerprint density at radius 1 is 0.905 bits per heavy atom. The van der Waals surface area contributed by atoms with Gasteiger partial charge in [0.15, 0.2) is 0 Å². The topological polar surface area (TPSA) is 52.6 Å². The maximum absolute atomic E-state index is 12.2. The Labute approximate surface area is 128 Å². The minimum atomic E-state index is -0.491. The van der Waals surface area contributed by atoms with Crippen LogP contribution in [0.25, 0.3) is 11.1 Å². The first-order valence-electron chi connectivity index (χ1n) is 6.69. The van der Waals surface area contributed by atoms with E-state index >= 15 is 0 Å². The summed E-state index contributed by atoms with van der Waals surface area (Å²) in [7, 11) is 0. The average Bonchev–Trinajstić information content (AvgIpc) is 2.59. The Balaban J connectivity index is 2.68. The summed E-state index contributed by atoms with van der Waals surface area (Å²) < 4.78 is 10.1. The van der Waals surface area contributed by atoms with Crippen LogP contribution in [0.2, 0.25) is 0 Å². The van der Waals surface area contributed by atoms with Crippen LogP contribution >= 0.6 is 12.6 Å². The quantitative estimate of drug-likeness (QED) is 0.694. The van der Waals surface area contributed by atoms with Crippen LogP contribution in [0.15, 0.2) is 35.2 Å². The lowest BCUT2D eigenvalue weighted by molar-refractivity contribution is 0.0523. The smallest absolute Gasteiger partial charge is 0.339 e. The molecule has 0 heterocycles. The summed E-state index contributed by atoms with van der Waals surface area (Å²) in [6, 6.07) is 8.95. The van der Waals surface area contributed by atoms with Crippen molar-refractivity contribution in [2.45, 2.75) is 18.7 Å². The van der Waals surface area contributed by atoms with E-state index in [1.807, 2.05) is 6.07 Å². The van der Waals surface area contributed by atoms with Crippen molar-refractivity contribution in [1.82, 2.24) is 0 Å². The van der Waals surface area contributed by atoms with E-state index in [1.165, 1.54) is 0 Å². The standard InChI is InChI=1S/C16H16O4S/c1-3-19-15(17)12-10-8-6-5-7-9-11(10)13(14(12)21)16(18)20-4-2/h5-9,21H,3-4H2,1-2H3. The molecular weight excluding hydrogens is 288 g/mol. The Kier molecular flexibility index (Phi) is 4.85. The molecule has 0 saturated heterocycles. The molecule has 0 amide bonds. The first kappa shape index (κ1) is 15.4. The number of hydrogen-bond acceptors (Lipinski definition) is 5. The first-order valence-corrected chi connectivity index (χ1v) is 7.14. The Hall–Kier alpha value is -2.01. The van der Waals surface area contributed by atoms with Crippen molar-refractivity contribution in [3.8, 4) is 11.1 Å². The Bertz CT molecular complexity index is 598. The van der Waals surface area contributed by atoms with Gasteiger partial charge < -0.3 is 9.47 Å². The van der Waals surface area contributed by atoms with Crippen molar-refractivity contribution in [2.24, 2.45) is 0 Å². The zero-order valence-corrected chi connectivity index (χ0v) is 12.8. The second-order valence-electron chi connectivity index (χ2n) is 4.28. The van der Waals surface area contributed by atoms with Gasteiger partial charge in [-0.05, 0) is 25.0 Å². The number of hydrogen-bond donors (Lipinski definition) is 1. The molecule has 21 heavy (non-hydrogen) atoms. The molecule has 4 nitrogen and oxygen atoms in total. The second kappa shape index (κ2) is 6.63. The molecule has 0 unspecified atom stereocenters. The van der Waals surface area contributed by atoms with Crippen LogP contribution in [0, 0.1) is 0 Å². The van der Waals surface area contributed by atoms with Gasteiger partial charge in [0.2, 0.25) is 0 Å². The second-order valence-corrected chi connectivity index (χ2v) is 4.72. The highest BCUT2D eigenvalue weighted by Gasteiger charge is 2.30. The van der Waals surface area contributed by atoms with Gasteiger partial charge in [0.05, 0.1) is 24.3 Å². The molecule has 0 atom stereocenters. The molecule has 0 aromatic rings. The zero-order chi connectivity index (χ0) is 15.4. The largest absolute Gasteiger partial charge is 0.462 e. The molecule has 0 N–H and O–H groups in total. The van der Waals surface area contributed by atoms with Gasteiger partial charge >= 0.3 is 11.9 Å². The highest BCUT2D eigenvalue weighted by atomic mass is 32.1. The third-order valence-corrected chi connectivity index (χ3v) is 3.46. The van der Waals surface area contributed by atoms with Crippen LogP contribution in [-0.2, 0) is 9.47 Å². The van der Waals surface area contributed by atoms with Gasteiger partial charge in [-0.2, -0.15) is 0 Å². The van der Waals surface area contributed by atoms with E-state index in [2.05, 4.69) is 12.6 Å². The molecule has 0 radical (unpaired) electrons. The summed E-state index contributed by atoms with van der Waals surface area (Å²) in [6.07, 6.45) is 0. The monoisotopic (exact) mass is 304 g/mol. The van der Waals surface area contributed by atoms with Crippen LogP contribution in [0.3, 0.4) is 0 Å². The number of rotatable bonds is 4. The van der Waals surface area contributed by atoms with E-state index < -0.39 is 11.9 Å². The maximum atomic E-state index is 12.2. The number of esters is 2. The van der Waals surface area contributed by atoms with E-state index in [4.69, 9.17) is 9.47 Å². The van der Waals surface area contributed by atoms with E-state index in [9.17, 15) is 9.59 Å². The van der Waals surface area contributed by atoms with Gasteiger partial charge in [0, 0.05) is 4.90 Å². The summed E-state index contributed by atoms with van der Waals surface area (Å²) >= 11 is 4.36. The SMILES string of the molecule is CCOC(=O)c1c2cccccc-2c(C(=O)OCC)c1S. The molecule has 2 rings (SSSR count). The van der Waals surface area contributed by atoms with Crippen LogP contribution in [0.1, 0.15) is 34.6 Å². The fraction of sp³-hybridized carbons (Fsp3) is 0.250. The number of thiol groups is 1. The van der Waals surface area contributed by atoms with Crippen molar-refractivity contribution in [1.29, 1.82) is 0 Å². The van der Waals surface area contributed by atoms with Gasteiger partial charge in [-0.3, -0.25) is 0 Å². The summed E-state index contributed by atoms with van der Waals surface area (Å²) in [5, 5.41) is 0. The third-order valence-electron chi connectivity index (χ3n) is 3.01. The van der Waals surface area contributed by atoms with E-state index in [0.29, 0.717) is 27.1 Å². The van der Waals surface area contributed by atoms with Crippen LogP contribution in [0.4, 0.5) is 0 Å². The third kappa shape index (κ3) is 2.88. The van der Waals surface area contributed by atoms with Gasteiger partial charge in [-0.15, -0.1) is 12.6 Å². The lowest BCUT2D eigenvalue weighted by Gasteiger charge is -2.02. The van der Waals surface area contributed by atoms with Gasteiger partial charge in [-0.1, -0.05) is 30.3 Å². The van der Waals surface area contributed by atoms with Gasteiger partial charge in [0.1, 0.15) is 0 Å². The molecular formula is C16H16O4S. The maximum Gasteiger partial charge on any atom is 0.339 e. The van der Waals surface area contributed by atoms with Crippen LogP contribution < -0.4 is 0 Å². The average molecular weight is 304 g/mol. The number of fused-ring (bicyclic) bond motifs is 1. The summed E-state index contributed by atoms with van der Waals surface area (Å²) in [5.74, 6) is -0.983. The fourth-order valence-corrected chi connectivity index (χ4v) is 2.61. The summed E-state index contributed by atoms with van der Waals surface area (Å²) in [5.41, 5.74) is 1.86. The van der Waals surface area contributed by atoms with Crippen molar-refractivity contribution in [2.75, 3.05) is 13.2 Å². The van der Waals surface area contributed by atoms with E-state index in [1.54, 1.807) is 38.1 Å². The van der Waals surface area contributed by atoms with Crippen LogP contribution in [0.5, 0.6) is 0 Å². The lowest BCUT2D eigenvalue weighted by Crippen LogP contribution is -2.07. The van der Waals surface area contributed by atoms with E-state index in [0.717, 1.165) is 0 Å². The minimum Gasteiger partial charge on any atom is -0.462 e. The predicted molar refractivity (Wildman–Crippen MR) is 82.2 cm³/mol. The molecule has 110 valence electrons. The highest BCUT2D eigenvalue weighted by Crippen LogP contribution is 2.39. The van der Waals surface area contributed by atoms with Gasteiger partial charge in [-0.25, -0.2) is 9.59 Å². The molecule has 0 aromatic heterocycles. The normalized spacial score (nSPS) is 10.4. The van der Waals surface area contributed by atoms with Crippen molar-refractivity contribution in [3.63, 3.8) is 0 Å². The molecule has 2 aliphatic carbocycles. The molecule has 0 spiro atoms. The van der Waals surface area contributed by atoms with Crippen molar-refractivity contribution in [3.05, 3.63) is 41.5 Å². The summed E-state index contributed by atoms with van der Waals surface area (Å²) in [6.45, 7) is 3.97. The molecule has 0 aromatic carbocycles. The Morgan fingerprint density at radius 2 is 1.33 bits per heavy atom. The Morgan fingerprint density at radius 3 is 1.71 bits per heavy atom. The van der Waals surface area contributed by atoms with Gasteiger partial charge in [0.25, 0.3) is 0 Å². The van der Waals surface area contributed by atoms with Crippen molar-refractivity contribution < 1.29 is 19.1 Å². The van der Waals surface area contributed by atoms with Crippen molar-refractivity contribution >= 4 is 24.6 Å². The number of carbonyl (C=O) groups excluding carboxylic acids is 2. The zero-order valence-electron chi connectivity index (χ0n) is 11.9. The first-order chi connectivity index (χ1) is 10.1. The molecule has 0 saturated carbocycles. The minimum absolute atomic E-state index is 0.256. The number of ether oxygens (including phenoxy) is 2. The highest BCUT2D eigenvalue weighted by molar-refractivity contribution is 7.80. The molecule has 5 heteroatoms. The fourth-order valence-electron chi connectivity index (χ4n) is 2.18. The van der Waals surface area contributed by atoms with E-state index in [-0.39, 0.29) is 13.2 Å². The number of carbonyl (C=O) groups is 2. The lowest BCUT2D eigenvalue weighted by atomic mass is 10.1. The molecule has 0 bridgehead atoms. The summed E-state index contributed by atoms with van der Waals surface area (Å²) in [4.78, 5) is 24.6.